The van der Waals surface area contributed by atoms with Crippen molar-refractivity contribution in [2.24, 2.45) is 0 Å². The van der Waals surface area contributed by atoms with E-state index in [-0.39, 0.29) is 11.7 Å². The van der Waals surface area contributed by atoms with Crippen molar-refractivity contribution in [3.63, 3.8) is 0 Å². The lowest BCUT2D eigenvalue weighted by molar-refractivity contribution is 0.0954. The van der Waals surface area contributed by atoms with E-state index in [0.29, 0.717) is 39.2 Å². The van der Waals surface area contributed by atoms with Gasteiger partial charge in [-0.05, 0) is 36.8 Å². The Morgan fingerprint density at radius 2 is 1.89 bits per heavy atom. The molecule has 5 nitrogen and oxygen atoms in total. The molecule has 0 radical (unpaired) electrons. The summed E-state index contributed by atoms with van der Waals surface area (Å²) in [5.74, 6) is 0.617. The molecule has 7 heteroatoms. The second kappa shape index (κ2) is 8.18. The molecule has 0 aliphatic heterocycles. The van der Waals surface area contributed by atoms with Gasteiger partial charge in [0.1, 0.15) is 15.7 Å². The van der Waals surface area contributed by atoms with E-state index in [0.717, 1.165) is 5.56 Å². The van der Waals surface area contributed by atoms with Crippen LogP contribution in [0.3, 0.4) is 0 Å². The van der Waals surface area contributed by atoms with Crippen molar-refractivity contribution >= 4 is 17.2 Å². The number of thiazole rings is 1. The van der Waals surface area contributed by atoms with Gasteiger partial charge in [-0.3, -0.25) is 4.79 Å². The summed E-state index contributed by atoms with van der Waals surface area (Å²) in [5, 5.41) is 3.35. The van der Waals surface area contributed by atoms with Crippen molar-refractivity contribution in [3.05, 3.63) is 64.4 Å². The van der Waals surface area contributed by atoms with Gasteiger partial charge in [-0.25, -0.2) is 9.37 Å². The molecule has 2 aromatic carbocycles. The van der Waals surface area contributed by atoms with Crippen LogP contribution in [0, 0.1) is 12.7 Å². The molecule has 0 unspecified atom stereocenters. The van der Waals surface area contributed by atoms with Gasteiger partial charge in [0.15, 0.2) is 11.5 Å². The van der Waals surface area contributed by atoms with Crippen LogP contribution in [-0.2, 0) is 6.54 Å². The Hall–Kier alpha value is -2.93. The van der Waals surface area contributed by atoms with Crippen LogP contribution in [0.1, 0.15) is 20.9 Å². The molecule has 0 aliphatic rings. The van der Waals surface area contributed by atoms with Crippen LogP contribution in [-0.4, -0.2) is 25.1 Å². The lowest BCUT2D eigenvalue weighted by atomic mass is 10.2. The van der Waals surface area contributed by atoms with Crippen LogP contribution in [0.4, 0.5) is 4.39 Å². The second-order valence-corrected chi connectivity index (χ2v) is 6.78. The lowest BCUT2D eigenvalue weighted by Crippen LogP contribution is -2.22. The maximum absolute atomic E-state index is 14.0. The molecule has 1 aromatic heterocycles. The molecule has 1 heterocycles. The number of aryl methyl sites for hydroxylation is 1. The van der Waals surface area contributed by atoms with Gasteiger partial charge >= 0.3 is 0 Å². The van der Waals surface area contributed by atoms with Crippen LogP contribution in [0.2, 0.25) is 0 Å². The number of hydrogen-bond donors (Lipinski definition) is 1. The number of carbonyl (C=O) groups is 1. The first-order chi connectivity index (χ1) is 13.0. The fraction of sp³-hybridized carbons (Fsp3) is 0.200. The number of nitrogens with one attached hydrogen (secondary N) is 1. The molecule has 1 amide bonds. The number of carbonyl (C=O) groups excluding carboxylic acids is 1. The van der Waals surface area contributed by atoms with Crippen molar-refractivity contribution in [1.82, 2.24) is 10.3 Å². The predicted molar refractivity (Wildman–Crippen MR) is 103 cm³/mol. The number of amides is 1. The van der Waals surface area contributed by atoms with Crippen LogP contribution < -0.4 is 14.8 Å². The summed E-state index contributed by atoms with van der Waals surface area (Å²) < 4.78 is 24.4. The third-order valence-electron chi connectivity index (χ3n) is 4.01. The van der Waals surface area contributed by atoms with E-state index in [1.165, 1.54) is 17.4 Å². The number of nitrogens with zero attached hydrogens (tertiary/aromatic N) is 1. The van der Waals surface area contributed by atoms with E-state index < -0.39 is 0 Å². The molecule has 0 atom stereocenters. The number of ether oxygens (including phenoxy) is 2. The smallest absolute Gasteiger partial charge is 0.263 e. The van der Waals surface area contributed by atoms with Crippen molar-refractivity contribution in [3.8, 4) is 22.1 Å². The summed E-state index contributed by atoms with van der Waals surface area (Å²) in [6, 6.07) is 11.8. The van der Waals surface area contributed by atoms with E-state index in [1.807, 2.05) is 12.1 Å². The minimum Gasteiger partial charge on any atom is -0.493 e. The maximum atomic E-state index is 14.0. The summed E-state index contributed by atoms with van der Waals surface area (Å²) in [6.07, 6.45) is 0. The fourth-order valence-corrected chi connectivity index (χ4v) is 3.62. The van der Waals surface area contributed by atoms with Crippen molar-refractivity contribution < 1.29 is 18.7 Å². The van der Waals surface area contributed by atoms with E-state index >= 15 is 0 Å². The third-order valence-corrected chi connectivity index (χ3v) is 5.20. The SMILES string of the molecule is COc1ccc(CNC(=O)c2sc(-c3ccccc3F)nc2C)cc1OC. The van der Waals surface area contributed by atoms with Gasteiger partial charge < -0.3 is 14.8 Å². The number of halogens is 1. The standard InChI is InChI=1S/C20H19FN2O3S/c1-12-18(27-20(23-12)14-6-4-5-7-15(14)21)19(24)22-11-13-8-9-16(25-2)17(10-13)26-3/h4-10H,11H2,1-3H3,(H,22,24). The summed E-state index contributed by atoms with van der Waals surface area (Å²) in [5.41, 5.74) is 1.84. The van der Waals surface area contributed by atoms with Gasteiger partial charge in [0.2, 0.25) is 0 Å². The molecule has 0 spiro atoms. The monoisotopic (exact) mass is 386 g/mol. The van der Waals surface area contributed by atoms with Crippen LogP contribution in [0.25, 0.3) is 10.6 Å². The molecule has 0 bridgehead atoms. The molecular weight excluding hydrogens is 367 g/mol. The largest absolute Gasteiger partial charge is 0.493 e. The average Bonchev–Trinajstić information content (AvgIpc) is 3.07. The summed E-state index contributed by atoms with van der Waals surface area (Å²) >= 11 is 1.18. The van der Waals surface area contributed by atoms with Gasteiger partial charge in [0.25, 0.3) is 5.91 Å². The minimum atomic E-state index is -0.358. The van der Waals surface area contributed by atoms with Gasteiger partial charge in [0.05, 0.1) is 19.9 Å². The first kappa shape index (κ1) is 18.8. The van der Waals surface area contributed by atoms with Gasteiger partial charge in [-0.15, -0.1) is 11.3 Å². The molecule has 0 fully saturated rings. The highest BCUT2D eigenvalue weighted by atomic mass is 32.1. The van der Waals surface area contributed by atoms with Gasteiger partial charge in [0, 0.05) is 12.1 Å². The topological polar surface area (TPSA) is 60.5 Å². The van der Waals surface area contributed by atoms with E-state index in [9.17, 15) is 9.18 Å². The summed E-state index contributed by atoms with van der Waals surface area (Å²) in [7, 11) is 3.13. The Labute approximate surface area is 160 Å². The highest BCUT2D eigenvalue weighted by molar-refractivity contribution is 7.17. The normalized spacial score (nSPS) is 10.5. The zero-order valence-corrected chi connectivity index (χ0v) is 16.0. The highest BCUT2D eigenvalue weighted by Gasteiger charge is 2.18. The zero-order chi connectivity index (χ0) is 19.4. The number of hydrogen-bond acceptors (Lipinski definition) is 5. The van der Waals surface area contributed by atoms with E-state index in [2.05, 4.69) is 10.3 Å². The molecular formula is C20H19FN2O3S. The Balaban J connectivity index is 1.75. The molecule has 140 valence electrons. The Morgan fingerprint density at radius 3 is 2.59 bits per heavy atom. The Kier molecular flexibility index (Phi) is 5.71. The van der Waals surface area contributed by atoms with Gasteiger partial charge in [-0.2, -0.15) is 0 Å². The Bertz CT molecular complexity index is 972. The molecule has 0 aliphatic carbocycles. The molecule has 27 heavy (non-hydrogen) atoms. The van der Waals surface area contributed by atoms with Gasteiger partial charge in [-0.1, -0.05) is 18.2 Å². The zero-order valence-electron chi connectivity index (χ0n) is 15.2. The van der Waals surface area contributed by atoms with Crippen molar-refractivity contribution in [1.29, 1.82) is 0 Å². The lowest BCUT2D eigenvalue weighted by Gasteiger charge is -2.10. The molecule has 1 N–H and O–H groups in total. The Morgan fingerprint density at radius 1 is 1.15 bits per heavy atom. The first-order valence-corrected chi connectivity index (χ1v) is 9.06. The fourth-order valence-electron chi connectivity index (χ4n) is 2.61. The summed E-state index contributed by atoms with van der Waals surface area (Å²) in [6.45, 7) is 2.07. The van der Waals surface area contributed by atoms with Crippen LogP contribution in [0.15, 0.2) is 42.5 Å². The molecule has 3 rings (SSSR count). The quantitative estimate of drug-likeness (QED) is 0.690. The van der Waals surface area contributed by atoms with Crippen LogP contribution >= 0.6 is 11.3 Å². The minimum absolute atomic E-state index is 0.248. The molecule has 0 saturated carbocycles. The average molecular weight is 386 g/mol. The number of methoxy groups -OCH3 is 2. The maximum Gasteiger partial charge on any atom is 0.263 e. The third kappa shape index (κ3) is 4.09. The van der Waals surface area contributed by atoms with Crippen LogP contribution in [0.5, 0.6) is 11.5 Å². The highest BCUT2D eigenvalue weighted by Crippen LogP contribution is 2.30. The van der Waals surface area contributed by atoms with Crippen molar-refractivity contribution in [2.75, 3.05) is 14.2 Å². The summed E-state index contributed by atoms with van der Waals surface area (Å²) in [4.78, 5) is 17.4. The van der Waals surface area contributed by atoms with Crippen molar-refractivity contribution in [2.45, 2.75) is 13.5 Å². The molecule has 0 saturated heterocycles. The predicted octanol–water partition coefficient (Wildman–Crippen LogP) is 4.20. The second-order valence-electron chi connectivity index (χ2n) is 5.79. The number of aromatic nitrogens is 1. The molecule has 3 aromatic rings. The van der Waals surface area contributed by atoms with E-state index in [1.54, 1.807) is 45.4 Å². The number of rotatable bonds is 6. The first-order valence-electron chi connectivity index (χ1n) is 8.25. The number of benzene rings is 2. The van der Waals surface area contributed by atoms with E-state index in [4.69, 9.17) is 9.47 Å².